The number of carboxylic acids is 1. The predicted molar refractivity (Wildman–Crippen MR) is 132 cm³/mol. The van der Waals surface area contributed by atoms with E-state index in [0.717, 1.165) is 54.0 Å². The third-order valence-corrected chi connectivity index (χ3v) is 7.70. The molecule has 1 saturated carbocycles. The molecule has 0 radical (unpaired) electrons. The molecule has 0 aliphatic heterocycles. The van der Waals surface area contributed by atoms with Crippen LogP contribution in [0.2, 0.25) is 0 Å². The lowest BCUT2D eigenvalue weighted by atomic mass is 9.99. The van der Waals surface area contributed by atoms with Gasteiger partial charge in [0.15, 0.2) is 0 Å². The SMILES string of the molecule is CCCc1sc(C[C@H](OC2CCCC2)[C@H](O)c2cc(OC)c(C)c(OC)c2)nc1[C@@H](C)C(=O)O. The Balaban J connectivity index is 1.94. The normalized spacial score (nSPS) is 16.9. The van der Waals surface area contributed by atoms with Crippen molar-refractivity contribution in [2.45, 2.75) is 89.9 Å². The van der Waals surface area contributed by atoms with E-state index in [1.165, 1.54) is 11.3 Å². The van der Waals surface area contributed by atoms with Crippen LogP contribution in [0.4, 0.5) is 0 Å². The van der Waals surface area contributed by atoms with Crippen LogP contribution in [-0.4, -0.2) is 47.6 Å². The summed E-state index contributed by atoms with van der Waals surface area (Å²) in [4.78, 5) is 17.4. The molecular weight excluding hydrogens is 454 g/mol. The van der Waals surface area contributed by atoms with Gasteiger partial charge in [0.1, 0.15) is 17.6 Å². The summed E-state index contributed by atoms with van der Waals surface area (Å²) in [6.45, 7) is 5.66. The second-order valence-corrected chi connectivity index (χ2v) is 10.2. The van der Waals surface area contributed by atoms with Crippen molar-refractivity contribution in [3.8, 4) is 11.5 Å². The van der Waals surface area contributed by atoms with Gasteiger partial charge < -0.3 is 24.4 Å². The Morgan fingerprint density at radius 1 is 1.21 bits per heavy atom. The average Bonchev–Trinajstić information content (AvgIpc) is 3.48. The van der Waals surface area contributed by atoms with Crippen molar-refractivity contribution in [1.29, 1.82) is 0 Å². The molecule has 8 heteroatoms. The first kappa shape index (κ1) is 26.4. The van der Waals surface area contributed by atoms with Gasteiger partial charge in [-0.1, -0.05) is 26.2 Å². The van der Waals surface area contributed by atoms with E-state index in [2.05, 4.69) is 6.92 Å². The molecule has 188 valence electrons. The molecule has 1 aliphatic carbocycles. The molecule has 2 aromatic rings. The number of carbonyl (C=O) groups is 1. The number of aliphatic hydroxyl groups is 1. The maximum atomic E-state index is 11.6. The number of aliphatic hydroxyl groups excluding tert-OH is 1. The van der Waals surface area contributed by atoms with Crippen LogP contribution in [0.1, 0.15) is 84.7 Å². The van der Waals surface area contributed by atoms with E-state index >= 15 is 0 Å². The second kappa shape index (κ2) is 12.0. The van der Waals surface area contributed by atoms with Crippen molar-refractivity contribution in [2.75, 3.05) is 14.2 Å². The van der Waals surface area contributed by atoms with Gasteiger partial charge in [0, 0.05) is 16.9 Å². The summed E-state index contributed by atoms with van der Waals surface area (Å²) < 4.78 is 17.5. The van der Waals surface area contributed by atoms with Crippen molar-refractivity contribution in [2.24, 2.45) is 0 Å². The fraction of sp³-hybridized carbons (Fsp3) is 0.615. The van der Waals surface area contributed by atoms with Crippen molar-refractivity contribution in [3.05, 3.63) is 38.8 Å². The highest BCUT2D eigenvalue weighted by atomic mass is 32.1. The summed E-state index contributed by atoms with van der Waals surface area (Å²) in [6.07, 6.45) is 4.97. The van der Waals surface area contributed by atoms with E-state index in [4.69, 9.17) is 19.2 Å². The van der Waals surface area contributed by atoms with Gasteiger partial charge in [0.05, 0.1) is 43.0 Å². The van der Waals surface area contributed by atoms with Crippen LogP contribution < -0.4 is 9.47 Å². The number of ether oxygens (including phenoxy) is 3. The highest BCUT2D eigenvalue weighted by Gasteiger charge is 2.31. The lowest BCUT2D eigenvalue weighted by Crippen LogP contribution is -2.29. The molecule has 0 unspecified atom stereocenters. The first-order valence-electron chi connectivity index (χ1n) is 12.1. The number of aryl methyl sites for hydroxylation is 1. The number of carboxylic acid groups (broad SMARTS) is 1. The van der Waals surface area contributed by atoms with Crippen LogP contribution >= 0.6 is 11.3 Å². The number of aliphatic carboxylic acids is 1. The molecule has 0 bridgehead atoms. The van der Waals surface area contributed by atoms with Crippen molar-refractivity contribution in [1.82, 2.24) is 4.98 Å². The largest absolute Gasteiger partial charge is 0.496 e. The third kappa shape index (κ3) is 6.09. The van der Waals surface area contributed by atoms with Crippen molar-refractivity contribution >= 4 is 17.3 Å². The molecule has 0 amide bonds. The first-order chi connectivity index (χ1) is 16.3. The van der Waals surface area contributed by atoms with Crippen molar-refractivity contribution in [3.63, 3.8) is 0 Å². The minimum atomic E-state index is -0.914. The molecule has 0 saturated heterocycles. The molecular formula is C26H37NO6S. The monoisotopic (exact) mass is 491 g/mol. The summed E-state index contributed by atoms with van der Waals surface area (Å²) in [5.41, 5.74) is 2.15. The number of hydrogen-bond acceptors (Lipinski definition) is 7. The van der Waals surface area contributed by atoms with Gasteiger partial charge in [0.25, 0.3) is 0 Å². The van der Waals surface area contributed by atoms with E-state index in [0.29, 0.717) is 29.2 Å². The quantitative estimate of drug-likeness (QED) is 0.420. The standard InChI is InChI=1S/C26H37NO6S/c1-6-9-22-24(16(3)26(29)30)27-23(34-22)14-21(33-18-10-7-8-11-18)25(28)17-12-19(31-4)15(2)20(13-17)32-5/h12-13,16,18,21,25,28H,6-11,14H2,1-5H3,(H,29,30)/t16-,21+,25-/m1/s1. The molecule has 7 nitrogen and oxygen atoms in total. The molecule has 34 heavy (non-hydrogen) atoms. The van der Waals surface area contributed by atoms with Gasteiger partial charge in [-0.15, -0.1) is 11.3 Å². The Bertz CT molecular complexity index is 943. The number of benzene rings is 1. The maximum absolute atomic E-state index is 11.6. The van der Waals surface area contributed by atoms with Gasteiger partial charge in [-0.3, -0.25) is 4.79 Å². The Kier molecular flexibility index (Phi) is 9.33. The number of thiazole rings is 1. The molecule has 1 aromatic carbocycles. The van der Waals surface area contributed by atoms with Crippen LogP contribution in [0.15, 0.2) is 12.1 Å². The van der Waals surface area contributed by atoms with Gasteiger partial charge in [-0.2, -0.15) is 0 Å². The van der Waals surface area contributed by atoms with Gasteiger partial charge in [-0.05, 0) is 50.8 Å². The zero-order valence-corrected chi connectivity index (χ0v) is 21.6. The summed E-state index contributed by atoms with van der Waals surface area (Å²) >= 11 is 1.53. The molecule has 1 heterocycles. The lowest BCUT2D eigenvalue weighted by molar-refractivity contribution is -0.138. The van der Waals surface area contributed by atoms with Gasteiger partial charge in [0.2, 0.25) is 0 Å². The smallest absolute Gasteiger partial charge is 0.312 e. The molecule has 0 spiro atoms. The minimum Gasteiger partial charge on any atom is -0.496 e. The van der Waals surface area contributed by atoms with Crippen LogP contribution in [0.5, 0.6) is 11.5 Å². The van der Waals surface area contributed by atoms with Gasteiger partial charge in [-0.25, -0.2) is 4.98 Å². The molecule has 3 atom stereocenters. The van der Waals surface area contributed by atoms with E-state index < -0.39 is 24.1 Å². The number of methoxy groups -OCH3 is 2. The van der Waals surface area contributed by atoms with E-state index in [-0.39, 0.29) is 6.10 Å². The van der Waals surface area contributed by atoms with E-state index in [1.54, 1.807) is 21.1 Å². The van der Waals surface area contributed by atoms with Gasteiger partial charge >= 0.3 is 5.97 Å². The molecule has 1 aromatic heterocycles. The summed E-state index contributed by atoms with van der Waals surface area (Å²) in [5, 5.41) is 21.8. The number of hydrogen-bond donors (Lipinski definition) is 2. The zero-order valence-electron chi connectivity index (χ0n) is 20.8. The van der Waals surface area contributed by atoms with Crippen LogP contribution in [0, 0.1) is 6.92 Å². The number of nitrogens with zero attached hydrogens (tertiary/aromatic N) is 1. The predicted octanol–water partition coefficient (Wildman–Crippen LogP) is 5.21. The Morgan fingerprint density at radius 3 is 2.35 bits per heavy atom. The summed E-state index contributed by atoms with van der Waals surface area (Å²) in [6, 6.07) is 3.66. The Labute approximate surface area is 206 Å². The first-order valence-corrected chi connectivity index (χ1v) is 12.9. The topological polar surface area (TPSA) is 98.1 Å². The summed E-state index contributed by atoms with van der Waals surface area (Å²) in [7, 11) is 3.20. The van der Waals surface area contributed by atoms with Crippen molar-refractivity contribution < 1.29 is 29.2 Å². The average molecular weight is 492 g/mol. The molecule has 2 N–H and O–H groups in total. The Hall–Kier alpha value is -2.16. The summed E-state index contributed by atoms with van der Waals surface area (Å²) in [5.74, 6) is -0.265. The molecule has 3 rings (SSSR count). The second-order valence-electron chi connectivity index (χ2n) is 9.01. The van der Waals surface area contributed by atoms with Crippen LogP contribution in [0.25, 0.3) is 0 Å². The maximum Gasteiger partial charge on any atom is 0.312 e. The zero-order chi connectivity index (χ0) is 24.8. The fourth-order valence-corrected chi connectivity index (χ4v) is 5.84. The highest BCUT2D eigenvalue weighted by molar-refractivity contribution is 7.11. The van der Waals surface area contributed by atoms with E-state index in [1.807, 2.05) is 19.1 Å². The minimum absolute atomic E-state index is 0.0985. The third-order valence-electron chi connectivity index (χ3n) is 6.54. The number of aromatic nitrogens is 1. The number of rotatable bonds is 12. The fourth-order valence-electron chi connectivity index (χ4n) is 4.53. The molecule has 1 aliphatic rings. The van der Waals surface area contributed by atoms with Crippen LogP contribution in [-0.2, 0) is 22.4 Å². The lowest BCUT2D eigenvalue weighted by Gasteiger charge is -2.27. The molecule has 1 fully saturated rings. The van der Waals surface area contributed by atoms with E-state index in [9.17, 15) is 15.0 Å². The Morgan fingerprint density at radius 2 is 1.82 bits per heavy atom. The van der Waals surface area contributed by atoms with Crippen LogP contribution in [0.3, 0.4) is 0 Å². The highest BCUT2D eigenvalue weighted by Crippen LogP contribution is 2.36.